The van der Waals surface area contributed by atoms with Crippen LogP contribution in [-0.2, 0) is 4.79 Å². The van der Waals surface area contributed by atoms with Gasteiger partial charge in [0.1, 0.15) is 0 Å². The van der Waals surface area contributed by atoms with E-state index in [1.165, 1.54) is 0 Å². The second-order valence-electron chi connectivity index (χ2n) is 2.50. The number of nitrogens with zero attached hydrogens (tertiary/aromatic N) is 1. The molecule has 3 heteroatoms. The third kappa shape index (κ3) is 2.35. The van der Waals surface area contributed by atoms with Gasteiger partial charge < -0.3 is 10.6 Å². The summed E-state index contributed by atoms with van der Waals surface area (Å²) in [4.78, 5) is 13.0. The third-order valence-corrected chi connectivity index (χ3v) is 1.66. The van der Waals surface area contributed by atoms with Crippen LogP contribution < -0.4 is 5.73 Å². The van der Waals surface area contributed by atoms with Crippen molar-refractivity contribution < 1.29 is 4.79 Å². The summed E-state index contributed by atoms with van der Waals surface area (Å²) < 4.78 is 0. The Morgan fingerprint density at radius 1 is 1.73 bits per heavy atom. The molecule has 0 saturated carbocycles. The molecule has 1 rings (SSSR count). The number of likely N-dealkylation sites (tertiary alicyclic amines) is 1. The molecule has 0 unspecified atom stereocenters. The first-order chi connectivity index (χ1) is 5.34. The van der Waals surface area contributed by atoms with Gasteiger partial charge in [0.2, 0.25) is 5.91 Å². The minimum Gasteiger partial charge on any atom is -0.339 e. The lowest BCUT2D eigenvalue weighted by molar-refractivity contribution is -0.124. The summed E-state index contributed by atoms with van der Waals surface area (Å²) in [6.45, 7) is 2.07. The highest BCUT2D eigenvalue weighted by Gasteiger charge is 2.14. The second-order valence-corrected chi connectivity index (χ2v) is 2.50. The smallest absolute Gasteiger partial charge is 0.246 e. The van der Waals surface area contributed by atoms with E-state index in [4.69, 9.17) is 5.73 Å². The van der Waals surface area contributed by atoms with E-state index in [1.54, 1.807) is 17.1 Å². The molecule has 1 heterocycles. The van der Waals surface area contributed by atoms with Crippen LogP contribution in [0.4, 0.5) is 0 Å². The molecule has 0 aromatic rings. The highest BCUT2D eigenvalue weighted by atomic mass is 16.2. The number of hydrogen-bond acceptors (Lipinski definition) is 2. The Bertz CT molecular complexity index is 159. The summed E-state index contributed by atoms with van der Waals surface area (Å²) in [5.74, 6) is 0.0733. The Balaban J connectivity index is 2.34. The van der Waals surface area contributed by atoms with E-state index in [9.17, 15) is 4.79 Å². The lowest BCUT2D eigenvalue weighted by atomic mass is 10.4. The highest BCUT2D eigenvalue weighted by molar-refractivity contribution is 5.87. The quantitative estimate of drug-likeness (QED) is 0.565. The van der Waals surface area contributed by atoms with Gasteiger partial charge in [-0.1, -0.05) is 6.08 Å². The van der Waals surface area contributed by atoms with Gasteiger partial charge in [0, 0.05) is 25.7 Å². The Kier molecular flexibility index (Phi) is 3.11. The average molecular weight is 153 g/mol. The molecule has 61 valence electrons. The summed E-state index contributed by atoms with van der Waals surface area (Å²) in [6.07, 6.45) is 6.34. The van der Waals surface area contributed by atoms with Crippen LogP contribution >= 0.6 is 0 Å². The zero-order valence-electron chi connectivity index (χ0n) is 6.49. The first kappa shape index (κ1) is 8.27. The van der Waals surface area contributed by atoms with Gasteiger partial charge in [-0.15, -0.1) is 0 Å². The molecule has 0 atom stereocenters. The summed E-state index contributed by atoms with van der Waals surface area (Å²) in [7, 11) is 0. The van der Waals surface area contributed by atoms with Gasteiger partial charge >= 0.3 is 0 Å². The molecule has 0 aliphatic carbocycles. The molecule has 2 N–H and O–H groups in total. The van der Waals surface area contributed by atoms with Gasteiger partial charge in [0.15, 0.2) is 0 Å². The normalized spacial score (nSPS) is 18.1. The Hall–Kier alpha value is -0.830. The number of rotatable bonds is 2. The second kappa shape index (κ2) is 4.13. The molecular formula is C8H13N2O. The van der Waals surface area contributed by atoms with E-state index in [1.807, 2.05) is 0 Å². The first-order valence-electron chi connectivity index (χ1n) is 3.82. The Labute approximate surface area is 66.9 Å². The summed E-state index contributed by atoms with van der Waals surface area (Å²) in [5.41, 5.74) is 5.21. The predicted octanol–water partition coefficient (Wildman–Crippen LogP) is -0.0621. The largest absolute Gasteiger partial charge is 0.339 e. The van der Waals surface area contributed by atoms with Crippen molar-refractivity contribution in [3.63, 3.8) is 0 Å². The molecule has 3 nitrogen and oxygen atoms in total. The maximum atomic E-state index is 11.2. The van der Waals surface area contributed by atoms with Crippen molar-refractivity contribution in [1.82, 2.24) is 4.90 Å². The molecule has 1 aliphatic heterocycles. The van der Waals surface area contributed by atoms with Crippen LogP contribution in [-0.4, -0.2) is 30.4 Å². The molecule has 0 aromatic carbocycles. The van der Waals surface area contributed by atoms with Crippen molar-refractivity contribution in [1.29, 1.82) is 0 Å². The van der Waals surface area contributed by atoms with Crippen LogP contribution in [0, 0.1) is 6.42 Å². The summed E-state index contributed by atoms with van der Waals surface area (Å²) >= 11 is 0. The topological polar surface area (TPSA) is 46.3 Å². The van der Waals surface area contributed by atoms with Crippen LogP contribution in [0.1, 0.15) is 6.42 Å². The zero-order valence-corrected chi connectivity index (χ0v) is 6.49. The van der Waals surface area contributed by atoms with Crippen molar-refractivity contribution in [3.05, 3.63) is 18.6 Å². The van der Waals surface area contributed by atoms with Crippen molar-refractivity contribution in [2.75, 3.05) is 19.6 Å². The Morgan fingerprint density at radius 2 is 2.55 bits per heavy atom. The van der Waals surface area contributed by atoms with Gasteiger partial charge in [-0.05, 0) is 12.8 Å². The van der Waals surface area contributed by atoms with E-state index in [0.717, 1.165) is 19.5 Å². The van der Waals surface area contributed by atoms with Crippen molar-refractivity contribution in [2.45, 2.75) is 6.42 Å². The molecule has 1 saturated heterocycles. The van der Waals surface area contributed by atoms with E-state index in [2.05, 4.69) is 6.42 Å². The van der Waals surface area contributed by atoms with E-state index < -0.39 is 0 Å². The predicted molar refractivity (Wildman–Crippen MR) is 43.7 cm³/mol. The summed E-state index contributed by atoms with van der Waals surface area (Å²) in [5, 5.41) is 0. The van der Waals surface area contributed by atoms with E-state index >= 15 is 0 Å². The van der Waals surface area contributed by atoms with Crippen molar-refractivity contribution in [2.24, 2.45) is 5.73 Å². The third-order valence-electron chi connectivity index (χ3n) is 1.66. The van der Waals surface area contributed by atoms with Crippen molar-refractivity contribution >= 4 is 5.91 Å². The molecule has 1 fully saturated rings. The average Bonchev–Trinajstić information content (AvgIpc) is 2.52. The van der Waals surface area contributed by atoms with Crippen LogP contribution in [0.2, 0.25) is 0 Å². The molecule has 0 bridgehead atoms. The van der Waals surface area contributed by atoms with Gasteiger partial charge in [-0.2, -0.15) is 0 Å². The fraction of sp³-hybridized carbons (Fsp3) is 0.500. The molecule has 0 aromatic heterocycles. The SMILES string of the molecule is NCC=CC(=O)N1C[CH]CC1. The number of carbonyl (C=O) groups is 1. The number of amides is 1. The molecule has 1 amide bonds. The fourth-order valence-corrected chi connectivity index (χ4v) is 1.06. The van der Waals surface area contributed by atoms with Gasteiger partial charge in [0.05, 0.1) is 0 Å². The van der Waals surface area contributed by atoms with Gasteiger partial charge in [0.25, 0.3) is 0 Å². The van der Waals surface area contributed by atoms with Crippen LogP contribution in [0.15, 0.2) is 12.2 Å². The van der Waals surface area contributed by atoms with E-state index in [-0.39, 0.29) is 5.91 Å². The number of hydrogen-bond donors (Lipinski definition) is 1. The minimum absolute atomic E-state index is 0.0733. The monoisotopic (exact) mass is 153 g/mol. The molecular weight excluding hydrogens is 140 g/mol. The van der Waals surface area contributed by atoms with Crippen LogP contribution in [0.5, 0.6) is 0 Å². The van der Waals surface area contributed by atoms with Gasteiger partial charge in [-0.25, -0.2) is 0 Å². The lowest BCUT2D eigenvalue weighted by Crippen LogP contribution is -2.25. The standard InChI is InChI=1S/C8H13N2O/c9-5-3-4-8(11)10-6-1-2-7-10/h1,3-4H,2,5-7,9H2. The zero-order chi connectivity index (χ0) is 8.10. The summed E-state index contributed by atoms with van der Waals surface area (Å²) in [6, 6.07) is 0. The molecule has 1 aliphatic rings. The molecule has 1 radical (unpaired) electrons. The maximum Gasteiger partial charge on any atom is 0.246 e. The molecule has 0 spiro atoms. The maximum absolute atomic E-state index is 11.2. The van der Waals surface area contributed by atoms with Crippen molar-refractivity contribution in [3.8, 4) is 0 Å². The molecule has 11 heavy (non-hydrogen) atoms. The van der Waals surface area contributed by atoms with Crippen LogP contribution in [0.25, 0.3) is 0 Å². The number of carbonyl (C=O) groups excluding carboxylic acids is 1. The van der Waals surface area contributed by atoms with E-state index in [0.29, 0.717) is 6.54 Å². The number of nitrogens with two attached hydrogens (primary N) is 1. The lowest BCUT2D eigenvalue weighted by Gasteiger charge is -2.11. The highest BCUT2D eigenvalue weighted by Crippen LogP contribution is 2.06. The van der Waals surface area contributed by atoms with Crippen LogP contribution in [0.3, 0.4) is 0 Å². The fourth-order valence-electron chi connectivity index (χ4n) is 1.06. The minimum atomic E-state index is 0.0733. The Morgan fingerprint density at radius 3 is 3.09 bits per heavy atom. The first-order valence-corrected chi connectivity index (χ1v) is 3.82. The van der Waals surface area contributed by atoms with Gasteiger partial charge in [-0.3, -0.25) is 4.79 Å².